The second-order valence-corrected chi connectivity index (χ2v) is 13.7. The van der Waals surface area contributed by atoms with Crippen molar-refractivity contribution in [1.29, 1.82) is 0 Å². The van der Waals surface area contributed by atoms with Gasteiger partial charge in [-0.1, -0.05) is 170 Å². The zero-order chi connectivity index (χ0) is 34.9. The summed E-state index contributed by atoms with van der Waals surface area (Å²) in [6, 6.07) is 64.2. The van der Waals surface area contributed by atoms with E-state index in [0.29, 0.717) is 17.5 Å². The van der Waals surface area contributed by atoms with Gasteiger partial charge in [-0.15, -0.1) is 0 Å². The first-order valence-corrected chi connectivity index (χ1v) is 18.0. The SMILES string of the molecule is c1ccc(-c2nc(-c3ccccc3)nc(-c3ccc4c(c3)C3(c5ccccc5-c5ccccc53)c3c-4c(-c4ccccc4)nc4ccccc34)n2)cc1. The van der Waals surface area contributed by atoms with Crippen molar-refractivity contribution in [2.75, 3.05) is 0 Å². The van der Waals surface area contributed by atoms with Crippen LogP contribution in [0.2, 0.25) is 0 Å². The van der Waals surface area contributed by atoms with Gasteiger partial charge in [0.1, 0.15) is 0 Å². The minimum absolute atomic E-state index is 0.600. The van der Waals surface area contributed by atoms with Crippen LogP contribution < -0.4 is 0 Å². The van der Waals surface area contributed by atoms with Crippen molar-refractivity contribution < 1.29 is 0 Å². The number of fused-ring (bicyclic) bond motifs is 12. The van der Waals surface area contributed by atoms with Gasteiger partial charge in [-0.25, -0.2) is 19.9 Å². The molecule has 0 saturated carbocycles. The highest BCUT2D eigenvalue weighted by Gasteiger charge is 2.53. The fourth-order valence-electron chi connectivity index (χ4n) is 8.75. The van der Waals surface area contributed by atoms with Crippen LogP contribution in [0.1, 0.15) is 22.3 Å². The van der Waals surface area contributed by atoms with Gasteiger partial charge < -0.3 is 0 Å². The molecule has 0 atom stereocenters. The molecular formula is C49H30N4. The number of hydrogen-bond acceptors (Lipinski definition) is 4. The second-order valence-electron chi connectivity index (χ2n) is 13.7. The molecule has 0 saturated heterocycles. The number of pyridine rings is 1. The monoisotopic (exact) mass is 674 g/mol. The fraction of sp³-hybridized carbons (Fsp3) is 0.0204. The smallest absolute Gasteiger partial charge is 0.164 e. The van der Waals surface area contributed by atoms with Gasteiger partial charge in [-0.3, -0.25) is 0 Å². The first kappa shape index (κ1) is 29.7. The lowest BCUT2D eigenvalue weighted by Crippen LogP contribution is -2.26. The Morgan fingerprint density at radius 1 is 0.340 bits per heavy atom. The summed E-state index contributed by atoms with van der Waals surface area (Å²) in [5.41, 5.74) is 15.2. The highest BCUT2D eigenvalue weighted by atomic mass is 15.0. The summed E-state index contributed by atoms with van der Waals surface area (Å²) in [6.07, 6.45) is 0. The fourth-order valence-corrected chi connectivity index (χ4v) is 8.75. The van der Waals surface area contributed by atoms with Crippen LogP contribution in [0, 0.1) is 0 Å². The summed E-state index contributed by atoms with van der Waals surface area (Å²) in [5.74, 6) is 1.93. The van der Waals surface area contributed by atoms with Crippen LogP contribution in [-0.4, -0.2) is 19.9 Å². The molecule has 0 unspecified atom stereocenters. The Morgan fingerprint density at radius 2 is 0.830 bits per heavy atom. The minimum Gasteiger partial charge on any atom is -0.247 e. The minimum atomic E-state index is -0.600. The second kappa shape index (κ2) is 11.5. The Bertz CT molecular complexity index is 2780. The molecule has 0 N–H and O–H groups in total. The van der Waals surface area contributed by atoms with Crippen molar-refractivity contribution in [1.82, 2.24) is 19.9 Å². The molecule has 7 aromatic carbocycles. The van der Waals surface area contributed by atoms with Crippen molar-refractivity contribution >= 4 is 10.9 Å². The number of hydrogen-bond donors (Lipinski definition) is 0. The maximum Gasteiger partial charge on any atom is 0.164 e. The lowest BCUT2D eigenvalue weighted by molar-refractivity contribution is 0.801. The van der Waals surface area contributed by atoms with Gasteiger partial charge in [0.15, 0.2) is 17.5 Å². The molecule has 2 aliphatic rings. The zero-order valence-corrected chi connectivity index (χ0v) is 28.6. The molecule has 53 heavy (non-hydrogen) atoms. The van der Waals surface area contributed by atoms with Crippen LogP contribution in [0.4, 0.5) is 0 Å². The van der Waals surface area contributed by atoms with E-state index in [1.807, 2.05) is 36.4 Å². The summed E-state index contributed by atoms with van der Waals surface area (Å²) >= 11 is 0. The third-order valence-corrected chi connectivity index (χ3v) is 10.9. The van der Waals surface area contributed by atoms with Crippen molar-refractivity contribution in [2.45, 2.75) is 5.41 Å². The van der Waals surface area contributed by atoms with Gasteiger partial charge in [-0.05, 0) is 51.1 Å². The molecule has 4 nitrogen and oxygen atoms in total. The van der Waals surface area contributed by atoms with Gasteiger partial charge in [0, 0.05) is 33.2 Å². The van der Waals surface area contributed by atoms with E-state index in [4.69, 9.17) is 19.9 Å². The number of para-hydroxylation sites is 1. The molecule has 1 spiro atoms. The molecular weight excluding hydrogens is 645 g/mol. The molecule has 11 rings (SSSR count). The summed E-state index contributed by atoms with van der Waals surface area (Å²) < 4.78 is 0. The van der Waals surface area contributed by atoms with Crippen molar-refractivity contribution in [2.24, 2.45) is 0 Å². The van der Waals surface area contributed by atoms with Crippen LogP contribution in [0.25, 0.3) is 78.6 Å². The highest BCUT2D eigenvalue weighted by Crippen LogP contribution is 2.65. The van der Waals surface area contributed by atoms with E-state index in [-0.39, 0.29) is 0 Å². The van der Waals surface area contributed by atoms with Crippen molar-refractivity contribution in [3.05, 3.63) is 204 Å². The normalized spacial score (nSPS) is 13.1. The third-order valence-electron chi connectivity index (χ3n) is 10.9. The molecule has 0 amide bonds. The Kier molecular flexibility index (Phi) is 6.43. The summed E-state index contributed by atoms with van der Waals surface area (Å²) in [7, 11) is 0. The average Bonchev–Trinajstić information content (AvgIpc) is 3.72. The van der Waals surface area contributed by atoms with E-state index in [1.54, 1.807) is 0 Å². The number of rotatable bonds is 4. The van der Waals surface area contributed by atoms with Gasteiger partial charge in [-0.2, -0.15) is 0 Å². The van der Waals surface area contributed by atoms with E-state index in [9.17, 15) is 0 Å². The molecule has 4 heteroatoms. The van der Waals surface area contributed by atoms with Crippen LogP contribution in [0.3, 0.4) is 0 Å². The standard InChI is InChI=1S/C49H30N4/c1-4-16-31(17-5-1)45-43-37-29-28-34(48-52-46(32-18-6-2-7-19-32)51-47(53-48)33-20-8-3-9-21-33)30-41(37)49(44(43)38-24-12-15-27-42(38)50-45)39-25-13-10-22-35(39)36-23-11-14-26-40(36)49/h1-30H. The predicted molar refractivity (Wildman–Crippen MR) is 213 cm³/mol. The van der Waals surface area contributed by atoms with Crippen molar-refractivity contribution in [3.63, 3.8) is 0 Å². The summed E-state index contributed by atoms with van der Waals surface area (Å²) in [4.78, 5) is 20.7. The van der Waals surface area contributed by atoms with E-state index in [0.717, 1.165) is 38.9 Å². The van der Waals surface area contributed by atoms with Crippen LogP contribution in [0.5, 0.6) is 0 Å². The maximum atomic E-state index is 5.42. The van der Waals surface area contributed by atoms with Crippen LogP contribution in [-0.2, 0) is 5.41 Å². The lowest BCUT2D eigenvalue weighted by atomic mass is 9.69. The molecule has 0 radical (unpaired) electrons. The van der Waals surface area contributed by atoms with Gasteiger partial charge in [0.25, 0.3) is 0 Å². The molecule has 2 aromatic heterocycles. The maximum absolute atomic E-state index is 5.42. The van der Waals surface area contributed by atoms with Crippen molar-refractivity contribution in [3.8, 4) is 67.7 Å². The first-order chi connectivity index (χ1) is 26.3. The highest BCUT2D eigenvalue weighted by molar-refractivity contribution is 6.07. The molecule has 0 fully saturated rings. The molecule has 246 valence electrons. The van der Waals surface area contributed by atoms with Gasteiger partial charge in [0.05, 0.1) is 16.6 Å². The van der Waals surface area contributed by atoms with E-state index in [1.165, 1.54) is 44.5 Å². The molecule has 0 aliphatic heterocycles. The van der Waals surface area contributed by atoms with Gasteiger partial charge >= 0.3 is 0 Å². The summed E-state index contributed by atoms with van der Waals surface area (Å²) in [6.45, 7) is 0. The lowest BCUT2D eigenvalue weighted by Gasteiger charge is -2.31. The first-order valence-electron chi connectivity index (χ1n) is 18.0. The zero-order valence-electron chi connectivity index (χ0n) is 28.6. The molecule has 2 aliphatic carbocycles. The number of aromatic nitrogens is 4. The van der Waals surface area contributed by atoms with Gasteiger partial charge in [0.2, 0.25) is 0 Å². The topological polar surface area (TPSA) is 51.6 Å². The summed E-state index contributed by atoms with van der Waals surface area (Å²) in [5, 5.41) is 1.16. The quantitative estimate of drug-likeness (QED) is 0.186. The Labute approximate surface area is 307 Å². The van der Waals surface area contributed by atoms with Crippen LogP contribution in [0.15, 0.2) is 182 Å². The largest absolute Gasteiger partial charge is 0.247 e. The number of nitrogens with zero attached hydrogens (tertiary/aromatic N) is 4. The Morgan fingerprint density at radius 3 is 1.43 bits per heavy atom. The Balaban J connectivity index is 1.26. The third kappa shape index (κ3) is 4.30. The molecule has 0 bridgehead atoms. The average molecular weight is 675 g/mol. The van der Waals surface area contributed by atoms with E-state index < -0.39 is 5.41 Å². The van der Waals surface area contributed by atoms with E-state index >= 15 is 0 Å². The molecule has 2 heterocycles. The predicted octanol–water partition coefficient (Wildman–Crippen LogP) is 11.4. The molecule has 9 aromatic rings. The number of benzene rings is 7. The Hall–Kier alpha value is -7.04. The van der Waals surface area contributed by atoms with E-state index in [2.05, 4.69) is 146 Å². The van der Waals surface area contributed by atoms with Crippen LogP contribution >= 0.6 is 0 Å².